The molecule has 0 unspecified atom stereocenters. The zero-order valence-corrected chi connectivity index (χ0v) is 9.13. The van der Waals surface area contributed by atoms with Gasteiger partial charge in [-0.3, -0.25) is 0 Å². The molecule has 0 aliphatic heterocycles. The maximum absolute atomic E-state index is 13.6. The number of alkyl halides is 3. The third kappa shape index (κ3) is 2.66. The van der Waals surface area contributed by atoms with Crippen LogP contribution in [-0.2, 0) is 6.18 Å². The second-order valence-electron chi connectivity index (χ2n) is 3.47. The molecule has 5 nitrogen and oxygen atoms in total. The average Bonchev–Trinajstić information content (AvgIpc) is 2.78. The molecule has 9 heteroatoms. The zero-order valence-electron chi connectivity index (χ0n) is 9.13. The van der Waals surface area contributed by atoms with Crippen molar-refractivity contribution in [2.24, 2.45) is 5.11 Å². The van der Waals surface area contributed by atoms with Crippen molar-refractivity contribution in [1.29, 1.82) is 0 Å². The summed E-state index contributed by atoms with van der Waals surface area (Å²) in [6.07, 6.45) is -3.60. The molecular weight excluding hydrogens is 266 g/mol. The summed E-state index contributed by atoms with van der Waals surface area (Å²) >= 11 is 0. The van der Waals surface area contributed by atoms with Gasteiger partial charge in [0.15, 0.2) is 5.69 Å². The molecule has 2 rings (SSSR count). The Labute approximate surface area is 103 Å². The van der Waals surface area contributed by atoms with Crippen molar-refractivity contribution in [3.63, 3.8) is 0 Å². The zero-order chi connectivity index (χ0) is 14.0. The van der Waals surface area contributed by atoms with E-state index in [1.54, 1.807) is 0 Å². The Morgan fingerprint density at radius 1 is 1.26 bits per heavy atom. The van der Waals surface area contributed by atoms with Gasteiger partial charge in [-0.25, -0.2) is 9.07 Å². The number of azide groups is 1. The molecule has 0 saturated carbocycles. The first-order chi connectivity index (χ1) is 8.91. The molecule has 0 N–H and O–H groups in total. The SMILES string of the molecule is [N-]=[N+]=Nc1ccc(-n2ccc(C(F)(F)F)n2)c(F)c1. The van der Waals surface area contributed by atoms with E-state index >= 15 is 0 Å². The predicted molar refractivity (Wildman–Crippen MR) is 57.3 cm³/mol. The van der Waals surface area contributed by atoms with E-state index in [9.17, 15) is 17.6 Å². The minimum absolute atomic E-state index is 0.0203. The Bertz CT molecular complexity index is 654. The molecule has 1 heterocycles. The van der Waals surface area contributed by atoms with Crippen molar-refractivity contribution in [3.8, 4) is 5.69 Å². The molecule has 0 amide bonds. The van der Waals surface area contributed by atoms with Crippen molar-refractivity contribution in [3.05, 3.63) is 52.4 Å². The van der Waals surface area contributed by atoms with Crippen LogP contribution < -0.4 is 0 Å². The quantitative estimate of drug-likeness (QED) is 0.352. The third-order valence-electron chi connectivity index (χ3n) is 2.22. The lowest BCUT2D eigenvalue weighted by molar-refractivity contribution is -0.141. The van der Waals surface area contributed by atoms with E-state index in [1.807, 2.05) is 0 Å². The molecular formula is C10H5F4N5. The van der Waals surface area contributed by atoms with Gasteiger partial charge in [-0.2, -0.15) is 18.3 Å². The van der Waals surface area contributed by atoms with E-state index in [1.165, 1.54) is 12.1 Å². The Morgan fingerprint density at radius 2 is 2.00 bits per heavy atom. The molecule has 2 aromatic rings. The van der Waals surface area contributed by atoms with Gasteiger partial charge in [-0.15, -0.1) is 0 Å². The molecule has 0 bridgehead atoms. The van der Waals surface area contributed by atoms with E-state index in [0.29, 0.717) is 0 Å². The maximum atomic E-state index is 13.6. The number of nitrogens with zero attached hydrogens (tertiary/aromatic N) is 5. The van der Waals surface area contributed by atoms with E-state index in [-0.39, 0.29) is 11.4 Å². The molecule has 0 fully saturated rings. The van der Waals surface area contributed by atoms with E-state index < -0.39 is 17.7 Å². The van der Waals surface area contributed by atoms with Crippen molar-refractivity contribution in [1.82, 2.24) is 9.78 Å². The fraction of sp³-hybridized carbons (Fsp3) is 0.100. The van der Waals surface area contributed by atoms with Gasteiger partial charge < -0.3 is 0 Å². The Kier molecular flexibility index (Phi) is 3.14. The van der Waals surface area contributed by atoms with Gasteiger partial charge in [0.1, 0.15) is 11.5 Å². The summed E-state index contributed by atoms with van der Waals surface area (Å²) in [6, 6.07) is 4.09. The van der Waals surface area contributed by atoms with Gasteiger partial charge in [0.2, 0.25) is 0 Å². The number of hydrogen-bond donors (Lipinski definition) is 0. The summed E-state index contributed by atoms with van der Waals surface area (Å²) in [5, 5.41) is 6.41. The Morgan fingerprint density at radius 3 is 2.53 bits per heavy atom. The van der Waals surface area contributed by atoms with Crippen molar-refractivity contribution in [2.75, 3.05) is 0 Å². The molecule has 0 atom stereocenters. The van der Waals surface area contributed by atoms with Crippen molar-refractivity contribution >= 4 is 5.69 Å². The second kappa shape index (κ2) is 4.62. The summed E-state index contributed by atoms with van der Waals surface area (Å²) in [4.78, 5) is 2.47. The van der Waals surface area contributed by atoms with E-state index in [4.69, 9.17) is 5.53 Å². The van der Waals surface area contributed by atoms with Crippen LogP contribution >= 0.6 is 0 Å². The highest BCUT2D eigenvalue weighted by Crippen LogP contribution is 2.28. The maximum Gasteiger partial charge on any atom is 0.435 e. The highest BCUT2D eigenvalue weighted by atomic mass is 19.4. The summed E-state index contributed by atoms with van der Waals surface area (Å²) in [5.74, 6) is -0.846. The van der Waals surface area contributed by atoms with Crippen LogP contribution in [0.15, 0.2) is 35.6 Å². The third-order valence-corrected chi connectivity index (χ3v) is 2.22. The van der Waals surface area contributed by atoms with Gasteiger partial charge in [-0.1, -0.05) is 11.2 Å². The highest BCUT2D eigenvalue weighted by Gasteiger charge is 2.33. The average molecular weight is 271 g/mol. The van der Waals surface area contributed by atoms with Crippen LogP contribution in [0.25, 0.3) is 16.1 Å². The normalized spacial score (nSPS) is 11.2. The molecule has 1 aromatic carbocycles. The number of aromatic nitrogens is 2. The predicted octanol–water partition coefficient (Wildman–Crippen LogP) is 3.97. The molecule has 0 spiro atoms. The first kappa shape index (κ1) is 12.9. The van der Waals surface area contributed by atoms with Gasteiger partial charge >= 0.3 is 6.18 Å². The first-order valence-corrected chi connectivity index (χ1v) is 4.89. The first-order valence-electron chi connectivity index (χ1n) is 4.89. The van der Waals surface area contributed by atoms with Crippen LogP contribution in [0.5, 0.6) is 0 Å². The fourth-order valence-electron chi connectivity index (χ4n) is 1.40. The summed E-state index contributed by atoms with van der Waals surface area (Å²) in [7, 11) is 0. The summed E-state index contributed by atoms with van der Waals surface area (Å²) < 4.78 is 51.5. The Balaban J connectivity index is 2.42. The highest BCUT2D eigenvalue weighted by molar-refractivity contribution is 5.45. The molecule has 19 heavy (non-hydrogen) atoms. The standard InChI is InChI=1S/C10H5F4N5/c11-7-5-6(16-18-15)1-2-8(7)19-4-3-9(17-19)10(12,13)14/h1-5H. The molecule has 0 aliphatic carbocycles. The van der Waals surface area contributed by atoms with Crippen LogP contribution in [0.2, 0.25) is 0 Å². The van der Waals surface area contributed by atoms with Crippen molar-refractivity contribution < 1.29 is 17.6 Å². The minimum Gasteiger partial charge on any atom is -0.237 e. The molecule has 0 saturated heterocycles. The fourth-order valence-corrected chi connectivity index (χ4v) is 1.40. The lowest BCUT2D eigenvalue weighted by Crippen LogP contribution is -2.07. The molecule has 0 aliphatic rings. The van der Waals surface area contributed by atoms with E-state index in [0.717, 1.165) is 23.0 Å². The molecule has 0 radical (unpaired) electrons. The lowest BCUT2D eigenvalue weighted by atomic mass is 10.3. The minimum atomic E-state index is -4.59. The van der Waals surface area contributed by atoms with Gasteiger partial charge in [0.25, 0.3) is 0 Å². The van der Waals surface area contributed by atoms with Crippen LogP contribution in [0.4, 0.5) is 23.2 Å². The van der Waals surface area contributed by atoms with Gasteiger partial charge in [-0.05, 0) is 23.7 Å². The second-order valence-corrected chi connectivity index (χ2v) is 3.47. The van der Waals surface area contributed by atoms with Crippen LogP contribution in [0.1, 0.15) is 5.69 Å². The monoisotopic (exact) mass is 271 g/mol. The number of rotatable bonds is 2. The van der Waals surface area contributed by atoms with Gasteiger partial charge in [0.05, 0.1) is 0 Å². The Hall–Kier alpha value is -2.54. The smallest absolute Gasteiger partial charge is 0.237 e. The van der Waals surface area contributed by atoms with Gasteiger partial charge in [0, 0.05) is 16.8 Å². The summed E-state index contributed by atoms with van der Waals surface area (Å²) in [6.45, 7) is 0. The van der Waals surface area contributed by atoms with Crippen LogP contribution in [0, 0.1) is 5.82 Å². The summed E-state index contributed by atoms with van der Waals surface area (Å²) in [5.41, 5.74) is 6.91. The molecule has 98 valence electrons. The molecule has 1 aromatic heterocycles. The largest absolute Gasteiger partial charge is 0.435 e. The number of benzene rings is 1. The van der Waals surface area contributed by atoms with Crippen LogP contribution in [-0.4, -0.2) is 9.78 Å². The topological polar surface area (TPSA) is 66.6 Å². The van der Waals surface area contributed by atoms with E-state index in [2.05, 4.69) is 15.1 Å². The number of halogens is 4. The lowest BCUT2D eigenvalue weighted by Gasteiger charge is -2.04. The van der Waals surface area contributed by atoms with Crippen LogP contribution in [0.3, 0.4) is 0 Å². The number of hydrogen-bond acceptors (Lipinski definition) is 2. The van der Waals surface area contributed by atoms with Crippen molar-refractivity contribution in [2.45, 2.75) is 6.18 Å².